The van der Waals surface area contributed by atoms with Crippen LogP contribution in [0.3, 0.4) is 0 Å². The predicted octanol–water partition coefficient (Wildman–Crippen LogP) is 5.28. The molecule has 0 radical (unpaired) electrons. The van der Waals surface area contributed by atoms with Gasteiger partial charge in [-0.25, -0.2) is 0 Å². The van der Waals surface area contributed by atoms with E-state index in [-0.39, 0.29) is 11.6 Å². The quantitative estimate of drug-likeness (QED) is 0.268. The van der Waals surface area contributed by atoms with Crippen LogP contribution in [0.4, 0.5) is 5.69 Å². The standard InChI is InChI=1S/C19H21N3O3.C12H28N2O.C2H6/c1-12-9-17-16(10-13(12)11-23)18-15(19(24)21-17)4-6-20-22(18)14-3-2-7-25-8-5-14;1-5-14(11-10-13(3)4)9-7-8-12-15-6-2;1-2/h6,9-11,14H,2-5,7-8H2,1H3,(H,21,24);5-12H2,1-4H3;1-2H3. The highest BCUT2D eigenvalue weighted by Crippen LogP contribution is 2.35. The molecule has 2 aromatic rings. The summed E-state index contributed by atoms with van der Waals surface area (Å²) >= 11 is 0. The smallest absolute Gasteiger partial charge is 0.254 e. The van der Waals surface area contributed by atoms with Gasteiger partial charge < -0.3 is 24.3 Å². The number of anilines is 1. The van der Waals surface area contributed by atoms with E-state index >= 15 is 0 Å². The van der Waals surface area contributed by atoms with Crippen LogP contribution in [0.1, 0.15) is 81.3 Å². The lowest BCUT2D eigenvalue weighted by Gasteiger charge is -2.32. The van der Waals surface area contributed by atoms with Crippen molar-refractivity contribution in [2.75, 3.05) is 71.7 Å². The molecule has 1 aromatic carbocycles. The molecule has 1 fully saturated rings. The fraction of sp³-hybridized carbons (Fsp3) is 0.667. The average Bonchev–Trinajstić information content (AvgIpc) is 3.29. The number of rotatable bonds is 12. The number of benzene rings is 1. The molecule has 0 spiro atoms. The first-order valence-corrected chi connectivity index (χ1v) is 15.9. The zero-order valence-corrected chi connectivity index (χ0v) is 27.2. The summed E-state index contributed by atoms with van der Waals surface area (Å²) in [6, 6.07) is 3.93. The highest BCUT2D eigenvalue weighted by Gasteiger charge is 2.28. The van der Waals surface area contributed by atoms with Crippen molar-refractivity contribution in [1.29, 1.82) is 0 Å². The van der Waals surface area contributed by atoms with Crippen LogP contribution in [0.25, 0.3) is 10.9 Å². The number of aryl methyl sites for hydroxylation is 1. The average molecular weight is 586 g/mol. The van der Waals surface area contributed by atoms with Crippen molar-refractivity contribution in [2.45, 2.75) is 79.2 Å². The molecule has 42 heavy (non-hydrogen) atoms. The van der Waals surface area contributed by atoms with E-state index < -0.39 is 0 Å². The number of unbranched alkanes of at least 4 members (excludes halogenated alkanes) is 1. The Balaban J connectivity index is 0.000000314. The molecule has 1 atom stereocenters. The van der Waals surface area contributed by atoms with Crippen LogP contribution in [0.2, 0.25) is 0 Å². The number of carbonyl (C=O) groups is 1. The fourth-order valence-electron chi connectivity index (χ4n) is 5.21. The fourth-order valence-corrected chi connectivity index (χ4v) is 5.21. The number of hydrogen-bond acceptors (Lipinski definition) is 8. The van der Waals surface area contributed by atoms with Gasteiger partial charge in [0.1, 0.15) is 6.29 Å². The summed E-state index contributed by atoms with van der Waals surface area (Å²) in [5.41, 5.74) is 3.72. The van der Waals surface area contributed by atoms with E-state index in [4.69, 9.17) is 9.47 Å². The first-order valence-electron chi connectivity index (χ1n) is 15.9. The van der Waals surface area contributed by atoms with Gasteiger partial charge in [-0.15, -0.1) is 0 Å². The minimum absolute atomic E-state index is 0.0817. The van der Waals surface area contributed by atoms with Crippen molar-refractivity contribution in [1.82, 2.24) is 14.8 Å². The van der Waals surface area contributed by atoms with Gasteiger partial charge in [0.15, 0.2) is 0 Å². The van der Waals surface area contributed by atoms with Gasteiger partial charge >= 0.3 is 0 Å². The molecule has 0 aliphatic carbocycles. The van der Waals surface area contributed by atoms with Gasteiger partial charge in [-0.1, -0.05) is 20.8 Å². The number of pyridine rings is 1. The van der Waals surface area contributed by atoms with Gasteiger partial charge in [-0.2, -0.15) is 5.10 Å². The van der Waals surface area contributed by atoms with E-state index in [1.165, 1.54) is 25.9 Å². The van der Waals surface area contributed by atoms with Crippen molar-refractivity contribution in [3.63, 3.8) is 0 Å². The van der Waals surface area contributed by atoms with Gasteiger partial charge in [-0.3, -0.25) is 14.6 Å². The molecule has 0 bridgehead atoms. The second-order valence-electron chi connectivity index (χ2n) is 10.8. The Morgan fingerprint density at radius 1 is 1.12 bits per heavy atom. The highest BCUT2D eigenvalue weighted by atomic mass is 16.5. The van der Waals surface area contributed by atoms with E-state index in [1.807, 2.05) is 37.9 Å². The second kappa shape index (κ2) is 19.6. The van der Waals surface area contributed by atoms with Crippen LogP contribution in [0.5, 0.6) is 0 Å². The number of aldehydes is 1. The molecular weight excluding hydrogens is 530 g/mol. The highest BCUT2D eigenvalue weighted by molar-refractivity contribution is 5.99. The molecule has 1 saturated heterocycles. The summed E-state index contributed by atoms with van der Waals surface area (Å²) in [6.07, 6.45) is 8.42. The number of ether oxygens (including phenoxy) is 2. The Morgan fingerprint density at radius 3 is 2.60 bits per heavy atom. The lowest BCUT2D eigenvalue weighted by molar-refractivity contribution is 0.112. The molecule has 1 N–H and O–H groups in total. The zero-order valence-electron chi connectivity index (χ0n) is 27.2. The summed E-state index contributed by atoms with van der Waals surface area (Å²) in [5, 5.41) is 7.48. The summed E-state index contributed by atoms with van der Waals surface area (Å²) in [5.74, 6) is 0. The molecule has 2 aliphatic rings. The van der Waals surface area contributed by atoms with Crippen LogP contribution in [-0.2, 0) is 15.9 Å². The largest absolute Gasteiger partial charge is 0.382 e. The molecule has 2 aliphatic heterocycles. The minimum Gasteiger partial charge on any atom is -0.382 e. The van der Waals surface area contributed by atoms with Crippen molar-refractivity contribution >= 4 is 29.1 Å². The molecule has 9 nitrogen and oxygen atoms in total. The number of nitrogens with one attached hydrogen (secondary N) is 1. The second-order valence-corrected chi connectivity index (χ2v) is 10.8. The van der Waals surface area contributed by atoms with Gasteiger partial charge in [0.2, 0.25) is 0 Å². The summed E-state index contributed by atoms with van der Waals surface area (Å²) in [4.78, 5) is 31.7. The van der Waals surface area contributed by atoms with E-state index in [2.05, 4.69) is 47.8 Å². The van der Waals surface area contributed by atoms with Gasteiger partial charge in [0.05, 0.1) is 17.2 Å². The van der Waals surface area contributed by atoms with E-state index in [0.717, 1.165) is 80.6 Å². The van der Waals surface area contributed by atoms with Gasteiger partial charge in [-0.05, 0) is 90.8 Å². The topological polar surface area (TPSA) is 90.5 Å². The molecule has 1 unspecified atom stereocenters. The maximum atomic E-state index is 12.6. The maximum Gasteiger partial charge on any atom is 0.254 e. The number of aromatic amines is 1. The molecule has 9 heteroatoms. The number of nitrogens with zero attached hydrogens (tertiary/aromatic N) is 4. The molecule has 1 aromatic heterocycles. The first-order chi connectivity index (χ1) is 20.4. The zero-order chi connectivity index (χ0) is 30.9. The van der Waals surface area contributed by atoms with E-state index in [0.29, 0.717) is 24.2 Å². The number of hydrogen-bond donors (Lipinski definition) is 1. The third-order valence-corrected chi connectivity index (χ3v) is 7.62. The van der Waals surface area contributed by atoms with E-state index in [1.54, 1.807) is 6.21 Å². The predicted molar refractivity (Wildman–Crippen MR) is 176 cm³/mol. The monoisotopic (exact) mass is 585 g/mol. The number of H-pyrrole nitrogens is 1. The lowest BCUT2D eigenvalue weighted by atomic mass is 9.99. The Labute approximate surface area is 253 Å². The van der Waals surface area contributed by atoms with Gasteiger partial charge in [0.25, 0.3) is 5.56 Å². The molecule has 4 rings (SSSR count). The normalized spacial score (nSPS) is 16.4. The van der Waals surface area contributed by atoms with Crippen molar-refractivity contribution in [3.8, 4) is 0 Å². The minimum atomic E-state index is -0.0817. The molecular formula is C33H55N5O4. The summed E-state index contributed by atoms with van der Waals surface area (Å²) in [7, 11) is 4.26. The maximum absolute atomic E-state index is 12.6. The molecule has 236 valence electrons. The third-order valence-electron chi connectivity index (χ3n) is 7.62. The Hall–Kier alpha value is -2.59. The van der Waals surface area contributed by atoms with E-state index in [9.17, 15) is 9.59 Å². The van der Waals surface area contributed by atoms with Crippen LogP contribution in [0, 0.1) is 6.92 Å². The summed E-state index contributed by atoms with van der Waals surface area (Å²) in [6.45, 7) is 18.1. The van der Waals surface area contributed by atoms with Crippen LogP contribution >= 0.6 is 0 Å². The van der Waals surface area contributed by atoms with Crippen molar-refractivity contribution in [2.24, 2.45) is 5.10 Å². The Morgan fingerprint density at radius 2 is 1.90 bits per heavy atom. The SMILES string of the molecule is CC.CCOCCCCN(CC)CCN(C)C.Cc1cc2[nH]c(=O)c3c(c2cc1C=O)N(C1CCCOCC1)N=CC3. The number of fused-ring (bicyclic) bond motifs is 3. The summed E-state index contributed by atoms with van der Waals surface area (Å²) < 4.78 is 10.9. The van der Waals surface area contributed by atoms with Crippen molar-refractivity contribution < 1.29 is 14.3 Å². The van der Waals surface area contributed by atoms with Crippen LogP contribution < -0.4 is 10.6 Å². The Kier molecular flexibility index (Phi) is 16.6. The third kappa shape index (κ3) is 10.6. The van der Waals surface area contributed by atoms with Crippen molar-refractivity contribution in [3.05, 3.63) is 39.2 Å². The number of aromatic nitrogens is 1. The lowest BCUT2D eigenvalue weighted by Crippen LogP contribution is -2.36. The number of carbonyl (C=O) groups excluding carboxylic acids is 1. The Bertz CT molecular complexity index is 1160. The van der Waals surface area contributed by atoms with Crippen LogP contribution in [0.15, 0.2) is 22.0 Å². The van der Waals surface area contributed by atoms with Gasteiger partial charge in [0, 0.05) is 68.7 Å². The van der Waals surface area contributed by atoms with Crippen LogP contribution in [-0.4, -0.2) is 100 Å². The molecule has 0 saturated carbocycles. The first kappa shape index (κ1) is 35.6. The number of hydrazone groups is 1. The molecule has 3 heterocycles. The number of likely N-dealkylation sites (N-methyl/N-ethyl adjacent to an activating group) is 2. The molecule has 0 amide bonds.